The van der Waals surface area contributed by atoms with Crippen LogP contribution in [0.25, 0.3) is 0 Å². The third kappa shape index (κ3) is 6.91. The van der Waals surface area contributed by atoms with E-state index in [-0.39, 0.29) is 24.3 Å². The number of hydrogen-bond donors (Lipinski definition) is 0. The number of hydrogen-bond acceptors (Lipinski definition) is 3. The number of halogens is 1. The lowest BCUT2D eigenvalue weighted by Crippen LogP contribution is -2.45. The Morgan fingerprint density at radius 3 is 2.52 bits per heavy atom. The molecule has 7 heteroatoms. The van der Waals surface area contributed by atoms with Crippen molar-refractivity contribution < 1.29 is 14.3 Å². The summed E-state index contributed by atoms with van der Waals surface area (Å²) in [5.74, 6) is -0.0781. The molecule has 158 valence electrons. The van der Waals surface area contributed by atoms with E-state index in [1.807, 2.05) is 43.8 Å². The zero-order valence-electron chi connectivity index (χ0n) is 17.6. The monoisotopic (exact) mass is 419 g/mol. The molecule has 29 heavy (non-hydrogen) atoms. The van der Waals surface area contributed by atoms with Crippen LogP contribution < -0.4 is 0 Å². The first kappa shape index (κ1) is 23.0. The van der Waals surface area contributed by atoms with Crippen LogP contribution in [-0.4, -0.2) is 59.5 Å². The van der Waals surface area contributed by atoms with Crippen molar-refractivity contribution in [2.45, 2.75) is 20.4 Å². The fraction of sp³-hybridized carbons (Fsp3) is 0.455. The molecule has 0 saturated heterocycles. The summed E-state index contributed by atoms with van der Waals surface area (Å²) in [6, 6.07) is 10.7. The van der Waals surface area contributed by atoms with E-state index in [1.54, 1.807) is 41.2 Å². The quantitative estimate of drug-likeness (QED) is 0.592. The van der Waals surface area contributed by atoms with E-state index in [0.717, 1.165) is 5.69 Å². The summed E-state index contributed by atoms with van der Waals surface area (Å²) in [6.45, 7) is 5.90. The average molecular weight is 420 g/mol. The molecule has 2 amide bonds. The lowest BCUT2D eigenvalue weighted by Gasteiger charge is -2.29. The van der Waals surface area contributed by atoms with Gasteiger partial charge in [-0.1, -0.05) is 31.5 Å². The van der Waals surface area contributed by atoms with Gasteiger partial charge in [0.1, 0.15) is 6.54 Å². The van der Waals surface area contributed by atoms with Crippen LogP contribution in [0.15, 0.2) is 42.6 Å². The number of carbonyl (C=O) groups excluding carboxylic acids is 2. The van der Waals surface area contributed by atoms with Crippen molar-refractivity contribution >= 4 is 23.4 Å². The van der Waals surface area contributed by atoms with Gasteiger partial charge in [0.15, 0.2) is 0 Å². The van der Waals surface area contributed by atoms with Crippen LogP contribution in [0.1, 0.15) is 29.9 Å². The lowest BCUT2D eigenvalue weighted by atomic mass is 10.1. The number of ether oxygens (including phenoxy) is 1. The van der Waals surface area contributed by atoms with Crippen molar-refractivity contribution in [3.8, 4) is 0 Å². The minimum atomic E-state index is -0.194. The number of benzene rings is 1. The molecule has 0 radical (unpaired) electrons. The van der Waals surface area contributed by atoms with Crippen LogP contribution in [0.3, 0.4) is 0 Å². The van der Waals surface area contributed by atoms with Crippen molar-refractivity contribution in [1.29, 1.82) is 0 Å². The number of amides is 2. The average Bonchev–Trinajstić information content (AvgIpc) is 3.08. The van der Waals surface area contributed by atoms with Gasteiger partial charge < -0.3 is 19.1 Å². The van der Waals surface area contributed by atoms with Crippen LogP contribution in [0.5, 0.6) is 0 Å². The maximum atomic E-state index is 13.1. The summed E-state index contributed by atoms with van der Waals surface area (Å²) < 4.78 is 7.16. The Labute approximate surface area is 178 Å². The van der Waals surface area contributed by atoms with Crippen LogP contribution in [0.2, 0.25) is 5.02 Å². The Morgan fingerprint density at radius 2 is 1.93 bits per heavy atom. The summed E-state index contributed by atoms with van der Waals surface area (Å²) in [4.78, 5) is 29.5. The Morgan fingerprint density at radius 1 is 1.17 bits per heavy atom. The highest BCUT2D eigenvalue weighted by atomic mass is 35.5. The van der Waals surface area contributed by atoms with E-state index in [9.17, 15) is 9.59 Å². The third-order valence-electron chi connectivity index (χ3n) is 4.59. The molecule has 1 aromatic carbocycles. The van der Waals surface area contributed by atoms with Gasteiger partial charge in [-0.25, -0.2) is 0 Å². The first-order valence-corrected chi connectivity index (χ1v) is 10.1. The number of aromatic nitrogens is 1. The van der Waals surface area contributed by atoms with E-state index >= 15 is 0 Å². The standard InChI is InChI=1S/C22H30ClN3O3/c1-17(2)14-26(22(28)18-7-5-8-19(23)13-18)16-21(27)25(11-12-29-4)15-20-9-6-10-24(20)3/h5-10,13,17H,11-12,14-16H2,1-4H3. The molecule has 0 atom stereocenters. The molecule has 0 spiro atoms. The first-order chi connectivity index (χ1) is 13.8. The smallest absolute Gasteiger partial charge is 0.254 e. The fourth-order valence-electron chi connectivity index (χ4n) is 3.08. The summed E-state index contributed by atoms with van der Waals surface area (Å²) in [6.07, 6.45) is 1.95. The number of nitrogens with zero attached hydrogens (tertiary/aromatic N) is 3. The Bertz CT molecular complexity index is 819. The van der Waals surface area contributed by atoms with Gasteiger partial charge in [0, 0.05) is 49.7 Å². The van der Waals surface area contributed by atoms with Crippen molar-refractivity contribution in [1.82, 2.24) is 14.4 Å². The van der Waals surface area contributed by atoms with Gasteiger partial charge in [-0.05, 0) is 36.2 Å². The van der Waals surface area contributed by atoms with Gasteiger partial charge >= 0.3 is 0 Å². The molecule has 0 saturated carbocycles. The molecule has 0 aliphatic heterocycles. The number of aryl methyl sites for hydroxylation is 1. The van der Waals surface area contributed by atoms with Gasteiger partial charge in [-0.3, -0.25) is 9.59 Å². The maximum Gasteiger partial charge on any atom is 0.254 e. The topological polar surface area (TPSA) is 54.8 Å². The molecular weight excluding hydrogens is 390 g/mol. The van der Waals surface area contributed by atoms with Gasteiger partial charge in [-0.2, -0.15) is 0 Å². The van der Waals surface area contributed by atoms with Gasteiger partial charge in [0.05, 0.1) is 13.2 Å². The SMILES string of the molecule is COCCN(Cc1cccn1C)C(=O)CN(CC(C)C)C(=O)c1cccc(Cl)c1. The molecule has 0 unspecified atom stereocenters. The van der Waals surface area contributed by atoms with Gasteiger partial charge in [0.25, 0.3) is 5.91 Å². The fourth-order valence-corrected chi connectivity index (χ4v) is 3.27. The summed E-state index contributed by atoms with van der Waals surface area (Å²) in [7, 11) is 3.56. The minimum Gasteiger partial charge on any atom is -0.383 e. The normalized spacial score (nSPS) is 11.0. The summed E-state index contributed by atoms with van der Waals surface area (Å²) >= 11 is 6.04. The maximum absolute atomic E-state index is 13.1. The molecule has 1 aromatic heterocycles. The summed E-state index contributed by atoms with van der Waals surface area (Å²) in [5, 5.41) is 0.497. The predicted octanol–water partition coefficient (Wildman–Crippen LogP) is 3.45. The van der Waals surface area contributed by atoms with Gasteiger partial charge in [-0.15, -0.1) is 0 Å². The number of carbonyl (C=O) groups is 2. The zero-order valence-corrected chi connectivity index (χ0v) is 18.4. The Hall–Kier alpha value is -2.31. The van der Waals surface area contributed by atoms with Crippen LogP contribution in [0.4, 0.5) is 0 Å². The van der Waals surface area contributed by atoms with E-state index in [4.69, 9.17) is 16.3 Å². The molecule has 2 aromatic rings. The van der Waals surface area contributed by atoms with Crippen molar-refractivity contribution in [3.63, 3.8) is 0 Å². The molecule has 0 aliphatic rings. The minimum absolute atomic E-state index is 0.0116. The highest BCUT2D eigenvalue weighted by Gasteiger charge is 2.23. The highest BCUT2D eigenvalue weighted by molar-refractivity contribution is 6.30. The molecular formula is C22H30ClN3O3. The molecule has 0 fully saturated rings. The van der Waals surface area contributed by atoms with Crippen LogP contribution in [0, 0.1) is 5.92 Å². The molecule has 0 aliphatic carbocycles. The van der Waals surface area contributed by atoms with Crippen molar-refractivity contribution in [3.05, 3.63) is 58.9 Å². The first-order valence-electron chi connectivity index (χ1n) is 9.73. The largest absolute Gasteiger partial charge is 0.383 e. The second-order valence-electron chi connectivity index (χ2n) is 7.51. The molecule has 0 bridgehead atoms. The highest BCUT2D eigenvalue weighted by Crippen LogP contribution is 2.15. The van der Waals surface area contributed by atoms with E-state index in [1.165, 1.54) is 0 Å². The van der Waals surface area contributed by atoms with Crippen molar-refractivity contribution in [2.24, 2.45) is 13.0 Å². The lowest BCUT2D eigenvalue weighted by molar-refractivity contribution is -0.133. The van der Waals surface area contributed by atoms with Crippen LogP contribution >= 0.6 is 11.6 Å². The van der Waals surface area contributed by atoms with E-state index in [0.29, 0.717) is 36.8 Å². The molecule has 6 nitrogen and oxygen atoms in total. The second kappa shape index (κ2) is 11.0. The number of rotatable bonds is 10. The van der Waals surface area contributed by atoms with Crippen molar-refractivity contribution in [2.75, 3.05) is 33.4 Å². The second-order valence-corrected chi connectivity index (χ2v) is 7.94. The van der Waals surface area contributed by atoms with Crippen LogP contribution in [-0.2, 0) is 23.1 Å². The predicted molar refractivity (Wildman–Crippen MR) is 115 cm³/mol. The zero-order chi connectivity index (χ0) is 21.4. The summed E-state index contributed by atoms with van der Waals surface area (Å²) in [5.41, 5.74) is 1.50. The Kier molecular flexibility index (Phi) is 8.73. The van der Waals surface area contributed by atoms with E-state index in [2.05, 4.69) is 0 Å². The molecule has 0 N–H and O–H groups in total. The Balaban J connectivity index is 2.18. The molecule has 2 rings (SSSR count). The third-order valence-corrected chi connectivity index (χ3v) is 4.83. The van der Waals surface area contributed by atoms with E-state index < -0.39 is 0 Å². The molecule has 1 heterocycles. The van der Waals surface area contributed by atoms with Gasteiger partial charge in [0.2, 0.25) is 5.91 Å². The number of methoxy groups -OCH3 is 1.